The number of amides is 1. The molecule has 2 aliphatic carbocycles. The lowest BCUT2D eigenvalue weighted by Gasteiger charge is -2.33. The fraction of sp³-hybridized carbons (Fsp3) is 0.522. The summed E-state index contributed by atoms with van der Waals surface area (Å²) in [5, 5.41) is 21.8. The molecular formula is C23H25N5O2S2. The van der Waals surface area contributed by atoms with Gasteiger partial charge >= 0.3 is 0 Å². The number of nitrogens with zero attached hydrogens (tertiary/aromatic N) is 4. The standard InChI is InChI=1S/C23H25N5O2S2/c1-23(2,3)12-7-8-14-17(9-12)32-21-19(14)22(30)28(27-26-21)11-18(29)25-20-15(10-24)13-5-4-6-16(13)31-20/h12H,4-9,11H2,1-3H3,(H,25,29)/t12-/m0/s1. The van der Waals surface area contributed by atoms with Gasteiger partial charge in [-0.15, -0.1) is 27.8 Å². The molecule has 3 aromatic heterocycles. The summed E-state index contributed by atoms with van der Waals surface area (Å²) in [6.45, 7) is 6.58. The Morgan fingerprint density at radius 1 is 1.22 bits per heavy atom. The van der Waals surface area contributed by atoms with Crippen molar-refractivity contribution in [2.24, 2.45) is 11.3 Å². The van der Waals surface area contributed by atoms with Gasteiger partial charge in [0.25, 0.3) is 5.56 Å². The minimum atomic E-state index is -0.367. The van der Waals surface area contributed by atoms with Crippen molar-refractivity contribution in [3.8, 4) is 6.07 Å². The summed E-state index contributed by atoms with van der Waals surface area (Å²) in [7, 11) is 0. The average Bonchev–Trinajstić information content (AvgIpc) is 3.41. The summed E-state index contributed by atoms with van der Waals surface area (Å²) in [6.07, 6.45) is 5.74. The minimum Gasteiger partial charge on any atom is -0.315 e. The van der Waals surface area contributed by atoms with Crippen LogP contribution < -0.4 is 10.9 Å². The molecule has 2 aliphatic rings. The van der Waals surface area contributed by atoms with Gasteiger partial charge < -0.3 is 5.32 Å². The number of thiophene rings is 2. The quantitative estimate of drug-likeness (QED) is 0.626. The van der Waals surface area contributed by atoms with E-state index < -0.39 is 0 Å². The van der Waals surface area contributed by atoms with Gasteiger partial charge in [-0.2, -0.15) is 5.26 Å². The molecule has 1 amide bonds. The molecule has 0 unspecified atom stereocenters. The van der Waals surface area contributed by atoms with Crippen LogP contribution in [-0.2, 0) is 37.0 Å². The second-order valence-electron chi connectivity index (χ2n) is 9.76. The second kappa shape index (κ2) is 7.78. The molecule has 1 atom stereocenters. The smallest absolute Gasteiger partial charge is 0.279 e. The van der Waals surface area contributed by atoms with Gasteiger partial charge in [-0.3, -0.25) is 9.59 Å². The van der Waals surface area contributed by atoms with Crippen molar-refractivity contribution in [1.29, 1.82) is 5.26 Å². The van der Waals surface area contributed by atoms with E-state index in [-0.39, 0.29) is 23.4 Å². The van der Waals surface area contributed by atoms with E-state index in [1.165, 1.54) is 21.1 Å². The van der Waals surface area contributed by atoms with Crippen molar-refractivity contribution in [3.63, 3.8) is 0 Å². The van der Waals surface area contributed by atoms with Crippen LogP contribution in [0.4, 0.5) is 5.00 Å². The molecule has 0 saturated heterocycles. The van der Waals surface area contributed by atoms with Gasteiger partial charge in [-0.05, 0) is 61.0 Å². The summed E-state index contributed by atoms with van der Waals surface area (Å²) in [5.74, 6) is 0.208. The zero-order valence-corrected chi connectivity index (χ0v) is 20.1. The summed E-state index contributed by atoms with van der Waals surface area (Å²) in [4.78, 5) is 29.0. The summed E-state index contributed by atoms with van der Waals surface area (Å²) >= 11 is 3.02. The van der Waals surface area contributed by atoms with Gasteiger partial charge in [-0.25, -0.2) is 4.68 Å². The number of hydrogen-bond acceptors (Lipinski definition) is 7. The Morgan fingerprint density at radius 3 is 2.78 bits per heavy atom. The fourth-order valence-electron chi connectivity index (χ4n) is 4.88. The van der Waals surface area contributed by atoms with Crippen LogP contribution in [0.3, 0.4) is 0 Å². The van der Waals surface area contributed by atoms with Crippen molar-refractivity contribution >= 4 is 43.8 Å². The Kier molecular flexibility index (Phi) is 5.18. The first-order chi connectivity index (χ1) is 15.3. The third-order valence-corrected chi connectivity index (χ3v) is 9.09. The number of anilines is 1. The maximum absolute atomic E-state index is 13.2. The van der Waals surface area contributed by atoms with Gasteiger partial charge in [0.15, 0.2) is 4.83 Å². The van der Waals surface area contributed by atoms with Gasteiger partial charge in [0.2, 0.25) is 5.91 Å². The van der Waals surface area contributed by atoms with Crippen LogP contribution in [0.5, 0.6) is 0 Å². The summed E-state index contributed by atoms with van der Waals surface area (Å²) in [5.41, 5.74) is 2.67. The van der Waals surface area contributed by atoms with Crippen molar-refractivity contribution in [2.75, 3.05) is 5.32 Å². The molecule has 0 aliphatic heterocycles. The molecule has 32 heavy (non-hydrogen) atoms. The van der Waals surface area contributed by atoms with E-state index in [1.54, 1.807) is 11.3 Å². The van der Waals surface area contributed by atoms with Crippen LogP contribution in [0.1, 0.15) is 60.1 Å². The van der Waals surface area contributed by atoms with Gasteiger partial charge in [0, 0.05) is 9.75 Å². The van der Waals surface area contributed by atoms with Gasteiger partial charge in [0.1, 0.15) is 17.6 Å². The Labute approximate surface area is 194 Å². The molecule has 0 radical (unpaired) electrons. The normalized spacial score (nSPS) is 17.8. The lowest BCUT2D eigenvalue weighted by Crippen LogP contribution is -2.31. The maximum Gasteiger partial charge on any atom is 0.279 e. The largest absolute Gasteiger partial charge is 0.315 e. The van der Waals surface area contributed by atoms with E-state index in [9.17, 15) is 14.9 Å². The molecule has 0 fully saturated rings. The SMILES string of the molecule is CC(C)(C)[C@H]1CCc2c(sc3nnn(CC(=O)Nc4sc5c(c4C#N)CCC5)c(=O)c23)C1. The summed E-state index contributed by atoms with van der Waals surface area (Å²) in [6, 6.07) is 2.23. The van der Waals surface area contributed by atoms with Gasteiger partial charge in [0.05, 0.1) is 10.9 Å². The number of nitrogens with one attached hydrogen (secondary N) is 1. The van der Waals surface area contributed by atoms with Crippen LogP contribution in [0, 0.1) is 22.7 Å². The second-order valence-corrected chi connectivity index (χ2v) is 12.0. The number of carbonyl (C=O) groups is 1. The Balaban J connectivity index is 1.40. The first-order valence-electron chi connectivity index (χ1n) is 11.0. The Bertz CT molecular complexity index is 1340. The predicted octanol–water partition coefficient (Wildman–Crippen LogP) is 4.06. The highest BCUT2D eigenvalue weighted by molar-refractivity contribution is 7.18. The highest BCUT2D eigenvalue weighted by atomic mass is 32.1. The molecule has 9 heteroatoms. The van der Waals surface area contributed by atoms with E-state index in [1.807, 2.05) is 0 Å². The van der Waals surface area contributed by atoms with E-state index in [2.05, 4.69) is 42.5 Å². The Hall–Kier alpha value is -2.57. The average molecular weight is 468 g/mol. The topological polar surface area (TPSA) is 101 Å². The molecule has 3 aromatic rings. The zero-order chi connectivity index (χ0) is 22.6. The van der Waals surface area contributed by atoms with Gasteiger partial charge in [-0.1, -0.05) is 26.0 Å². The molecule has 3 heterocycles. The van der Waals surface area contributed by atoms with Crippen LogP contribution in [0.2, 0.25) is 0 Å². The van der Waals surface area contributed by atoms with Crippen LogP contribution in [-0.4, -0.2) is 20.9 Å². The van der Waals surface area contributed by atoms with Crippen molar-refractivity contribution in [2.45, 2.75) is 65.8 Å². The number of hydrogen-bond donors (Lipinski definition) is 1. The van der Waals surface area contributed by atoms with Crippen molar-refractivity contribution in [3.05, 3.63) is 36.8 Å². The first-order valence-corrected chi connectivity index (χ1v) is 12.6. The van der Waals surface area contributed by atoms with Crippen molar-refractivity contribution in [1.82, 2.24) is 15.0 Å². The number of aryl methyl sites for hydroxylation is 2. The third kappa shape index (κ3) is 3.55. The number of aromatic nitrogens is 3. The molecule has 166 valence electrons. The van der Waals surface area contributed by atoms with Crippen LogP contribution in [0.25, 0.3) is 10.2 Å². The molecule has 0 spiro atoms. The molecular weight excluding hydrogens is 442 g/mol. The third-order valence-electron chi connectivity index (χ3n) is 6.74. The predicted molar refractivity (Wildman–Crippen MR) is 126 cm³/mol. The lowest BCUT2D eigenvalue weighted by atomic mass is 9.72. The summed E-state index contributed by atoms with van der Waals surface area (Å²) < 4.78 is 1.15. The highest BCUT2D eigenvalue weighted by Crippen LogP contribution is 2.42. The number of nitriles is 1. The number of carbonyl (C=O) groups excluding carboxylic acids is 1. The molecule has 1 N–H and O–H groups in total. The molecule has 5 rings (SSSR count). The minimum absolute atomic E-state index is 0.218. The Morgan fingerprint density at radius 2 is 2.03 bits per heavy atom. The van der Waals surface area contributed by atoms with E-state index in [0.29, 0.717) is 26.7 Å². The van der Waals surface area contributed by atoms with E-state index in [4.69, 9.17) is 0 Å². The zero-order valence-electron chi connectivity index (χ0n) is 18.4. The highest BCUT2D eigenvalue weighted by Gasteiger charge is 2.32. The first kappa shape index (κ1) is 21.3. The molecule has 0 bridgehead atoms. The maximum atomic E-state index is 13.2. The van der Waals surface area contributed by atoms with E-state index in [0.717, 1.165) is 54.3 Å². The van der Waals surface area contributed by atoms with Crippen LogP contribution >= 0.6 is 22.7 Å². The molecule has 0 saturated carbocycles. The molecule has 0 aromatic carbocycles. The number of rotatable bonds is 3. The lowest BCUT2D eigenvalue weighted by molar-refractivity contribution is -0.117. The fourth-order valence-corrected chi connectivity index (χ4v) is 7.37. The van der Waals surface area contributed by atoms with Crippen LogP contribution in [0.15, 0.2) is 4.79 Å². The monoisotopic (exact) mass is 467 g/mol. The van der Waals surface area contributed by atoms with E-state index >= 15 is 0 Å². The molecule has 7 nitrogen and oxygen atoms in total. The number of fused-ring (bicyclic) bond motifs is 4. The van der Waals surface area contributed by atoms with Crippen molar-refractivity contribution < 1.29 is 4.79 Å².